The molecule has 2 aliphatic rings. The number of hydrogen-bond acceptors (Lipinski definition) is 5. The lowest BCUT2D eigenvalue weighted by Crippen LogP contribution is -2.32. The van der Waals surface area contributed by atoms with Crippen molar-refractivity contribution >= 4 is 21.4 Å². The van der Waals surface area contributed by atoms with E-state index in [0.29, 0.717) is 17.5 Å². The molecule has 1 spiro atoms. The Morgan fingerprint density at radius 3 is 1.64 bits per heavy atom. The molecule has 1 aliphatic carbocycles. The van der Waals surface area contributed by atoms with Crippen LogP contribution < -0.4 is 4.74 Å². The molecule has 6 aromatic carbocycles. The van der Waals surface area contributed by atoms with E-state index in [1.807, 2.05) is 36.4 Å². The minimum Gasteiger partial charge on any atom is -0.457 e. The van der Waals surface area contributed by atoms with E-state index in [1.165, 1.54) is 27.6 Å². The van der Waals surface area contributed by atoms with Gasteiger partial charge in [-0.1, -0.05) is 121 Å². The zero-order valence-corrected chi connectivity index (χ0v) is 25.9. The van der Waals surface area contributed by atoms with E-state index < -0.39 is 5.41 Å². The van der Waals surface area contributed by atoms with Gasteiger partial charge in [0.05, 0.1) is 5.41 Å². The van der Waals surface area contributed by atoms with E-state index in [4.69, 9.17) is 19.7 Å². The highest BCUT2D eigenvalue weighted by molar-refractivity contribution is 7.17. The molecule has 0 N–H and O–H groups in total. The van der Waals surface area contributed by atoms with Gasteiger partial charge in [0.1, 0.15) is 11.5 Å². The smallest absolute Gasteiger partial charge is 0.165 e. The van der Waals surface area contributed by atoms with Gasteiger partial charge in [0.2, 0.25) is 0 Å². The largest absolute Gasteiger partial charge is 0.457 e. The lowest BCUT2D eigenvalue weighted by Gasteiger charge is -2.39. The second-order valence-corrected chi connectivity index (χ2v) is 12.9. The van der Waals surface area contributed by atoms with Crippen LogP contribution in [0.15, 0.2) is 151 Å². The molecule has 0 bridgehead atoms. The average Bonchev–Trinajstić information content (AvgIpc) is 3.74. The zero-order chi connectivity index (χ0) is 31.0. The second kappa shape index (κ2) is 10.0. The van der Waals surface area contributed by atoms with Gasteiger partial charge in [-0.15, -0.1) is 11.3 Å². The summed E-state index contributed by atoms with van der Waals surface area (Å²) in [6.45, 7) is 0. The fourth-order valence-corrected chi connectivity index (χ4v) is 8.49. The van der Waals surface area contributed by atoms with Gasteiger partial charge in [0.25, 0.3) is 0 Å². The minimum atomic E-state index is -0.584. The first kappa shape index (κ1) is 26.3. The summed E-state index contributed by atoms with van der Waals surface area (Å²) < 4.78 is 7.74. The van der Waals surface area contributed by atoms with Gasteiger partial charge < -0.3 is 4.74 Å². The molecule has 0 saturated heterocycles. The number of hydrogen-bond donors (Lipinski definition) is 0. The van der Waals surface area contributed by atoms with Gasteiger partial charge in [-0.2, -0.15) is 0 Å². The van der Waals surface area contributed by atoms with Crippen LogP contribution in [0.5, 0.6) is 11.5 Å². The lowest BCUT2D eigenvalue weighted by atomic mass is 9.66. The van der Waals surface area contributed by atoms with Crippen LogP contribution in [0.1, 0.15) is 22.3 Å². The summed E-state index contributed by atoms with van der Waals surface area (Å²) in [6.07, 6.45) is 0. The monoisotopic (exact) mass is 619 g/mol. The Morgan fingerprint density at radius 2 is 1.00 bits per heavy atom. The second-order valence-electron chi connectivity index (χ2n) is 11.9. The van der Waals surface area contributed by atoms with Crippen molar-refractivity contribution in [3.8, 4) is 56.8 Å². The summed E-state index contributed by atoms with van der Waals surface area (Å²) in [5.41, 5.74) is 9.56. The van der Waals surface area contributed by atoms with Gasteiger partial charge in [0, 0.05) is 37.9 Å². The highest BCUT2D eigenvalue weighted by Crippen LogP contribution is 2.63. The topological polar surface area (TPSA) is 47.9 Å². The van der Waals surface area contributed by atoms with Gasteiger partial charge >= 0.3 is 0 Å². The Balaban J connectivity index is 1.33. The molecule has 0 unspecified atom stereocenters. The number of benzene rings is 6. The van der Waals surface area contributed by atoms with Crippen molar-refractivity contribution in [2.24, 2.45) is 0 Å². The summed E-state index contributed by atoms with van der Waals surface area (Å²) >= 11 is 1.73. The summed E-state index contributed by atoms with van der Waals surface area (Å²) in [5, 5.41) is 3.39. The third kappa shape index (κ3) is 3.72. The van der Waals surface area contributed by atoms with E-state index in [0.717, 1.165) is 44.0 Å². The third-order valence-electron chi connectivity index (χ3n) is 9.48. The van der Waals surface area contributed by atoms with Crippen molar-refractivity contribution in [2.75, 3.05) is 0 Å². The van der Waals surface area contributed by atoms with Crippen LogP contribution in [0.3, 0.4) is 0 Å². The van der Waals surface area contributed by atoms with Crippen molar-refractivity contribution in [1.29, 1.82) is 0 Å². The number of rotatable bonds is 3. The fraction of sp³-hybridized carbons (Fsp3) is 0.0238. The standard InChI is InChI=1S/C42H25N3OS/c1-3-13-26(14-4-1)39-43-40(27-15-5-2-6-16-27)45-41(44-39)30-25-34-37(29-23-24-47-38(29)30)28-17-7-8-18-31(28)42(34)32-19-9-11-21-35(32)46-36-22-12-10-20-33(36)42/h1-25H. The Bertz CT molecular complexity index is 2400. The Morgan fingerprint density at radius 1 is 0.468 bits per heavy atom. The normalized spacial score (nSPS) is 13.4. The SMILES string of the molecule is c1ccc(-c2nc(-c3ccccc3)nc(-c3cc4c(c5ccsc35)-c3ccccc3C43c4ccccc4Oc4ccccc43)n2)cc1. The lowest BCUT2D eigenvalue weighted by molar-refractivity contribution is 0.436. The van der Waals surface area contributed by atoms with Crippen molar-refractivity contribution in [2.45, 2.75) is 5.41 Å². The zero-order valence-electron chi connectivity index (χ0n) is 25.1. The van der Waals surface area contributed by atoms with Crippen molar-refractivity contribution in [3.63, 3.8) is 0 Å². The maximum Gasteiger partial charge on any atom is 0.165 e. The van der Waals surface area contributed by atoms with Gasteiger partial charge in [-0.05, 0) is 51.9 Å². The first-order valence-electron chi connectivity index (χ1n) is 15.7. The molecule has 47 heavy (non-hydrogen) atoms. The van der Waals surface area contributed by atoms with Crippen molar-refractivity contribution in [1.82, 2.24) is 15.0 Å². The highest BCUT2D eigenvalue weighted by Gasteiger charge is 2.51. The van der Waals surface area contributed by atoms with Crippen LogP contribution in [-0.2, 0) is 5.41 Å². The van der Waals surface area contributed by atoms with Gasteiger partial charge in [-0.25, -0.2) is 15.0 Å². The van der Waals surface area contributed by atoms with Crippen LogP contribution in [0, 0.1) is 0 Å². The summed E-state index contributed by atoms with van der Waals surface area (Å²) in [6, 6.07) is 50.8. The number of fused-ring (bicyclic) bond motifs is 11. The van der Waals surface area contributed by atoms with Crippen LogP contribution >= 0.6 is 11.3 Å². The molecule has 0 amide bonds. The molecule has 3 heterocycles. The molecule has 4 nitrogen and oxygen atoms in total. The number of thiophene rings is 1. The maximum atomic E-state index is 6.58. The van der Waals surface area contributed by atoms with E-state index in [1.54, 1.807) is 11.3 Å². The summed E-state index contributed by atoms with van der Waals surface area (Å²) in [7, 11) is 0. The van der Waals surface area contributed by atoms with Gasteiger partial charge in [0.15, 0.2) is 17.5 Å². The molecule has 0 saturated carbocycles. The number of aromatic nitrogens is 3. The Hall–Kier alpha value is -5.91. The van der Waals surface area contributed by atoms with Crippen molar-refractivity contribution in [3.05, 3.63) is 173 Å². The molecular weight excluding hydrogens is 595 g/mol. The van der Waals surface area contributed by atoms with E-state index >= 15 is 0 Å². The van der Waals surface area contributed by atoms with Crippen molar-refractivity contribution < 1.29 is 4.74 Å². The van der Waals surface area contributed by atoms with Crippen LogP contribution in [0.25, 0.3) is 55.4 Å². The molecule has 0 radical (unpaired) electrons. The van der Waals surface area contributed by atoms with E-state index in [9.17, 15) is 0 Å². The number of ether oxygens (including phenoxy) is 1. The maximum absolute atomic E-state index is 6.58. The molecular formula is C42H25N3OS. The molecule has 0 fully saturated rings. The molecule has 8 aromatic rings. The van der Waals surface area contributed by atoms with E-state index in [2.05, 4.69) is 115 Å². The Labute approximate surface area is 275 Å². The van der Waals surface area contributed by atoms with Gasteiger partial charge in [-0.3, -0.25) is 0 Å². The minimum absolute atomic E-state index is 0.584. The van der Waals surface area contributed by atoms with Crippen LogP contribution in [-0.4, -0.2) is 15.0 Å². The van der Waals surface area contributed by atoms with Crippen LogP contribution in [0.2, 0.25) is 0 Å². The quantitative estimate of drug-likeness (QED) is 0.197. The van der Waals surface area contributed by atoms with E-state index in [-0.39, 0.29) is 0 Å². The first-order valence-corrected chi connectivity index (χ1v) is 16.6. The number of para-hydroxylation sites is 2. The molecule has 1 aliphatic heterocycles. The molecule has 0 atom stereocenters. The predicted molar refractivity (Wildman–Crippen MR) is 189 cm³/mol. The predicted octanol–water partition coefficient (Wildman–Crippen LogP) is 10.6. The highest BCUT2D eigenvalue weighted by atomic mass is 32.1. The number of nitrogens with zero attached hydrogens (tertiary/aromatic N) is 3. The summed E-state index contributed by atoms with van der Waals surface area (Å²) in [5.74, 6) is 3.71. The summed E-state index contributed by atoms with van der Waals surface area (Å²) in [4.78, 5) is 15.4. The Kier molecular flexibility index (Phi) is 5.63. The molecule has 5 heteroatoms. The third-order valence-corrected chi connectivity index (χ3v) is 10.4. The average molecular weight is 620 g/mol. The first-order chi connectivity index (χ1) is 23.3. The molecule has 10 rings (SSSR count). The van der Waals surface area contributed by atoms with Crippen LogP contribution in [0.4, 0.5) is 0 Å². The molecule has 220 valence electrons. The fourth-order valence-electron chi connectivity index (χ4n) is 7.57. The molecule has 2 aromatic heterocycles.